The first-order chi connectivity index (χ1) is 7.93. The molecule has 12 nitrogen and oxygen atoms in total. The van der Waals surface area contributed by atoms with E-state index < -0.39 is 30.1 Å². The molecule has 15 heteroatoms. The van der Waals surface area contributed by atoms with Crippen molar-refractivity contribution in [3.8, 4) is 0 Å². The van der Waals surface area contributed by atoms with E-state index >= 15 is 0 Å². The van der Waals surface area contributed by atoms with Gasteiger partial charge in [-0.05, 0) is 13.8 Å². The van der Waals surface area contributed by atoms with E-state index in [0.717, 1.165) is 6.92 Å². The van der Waals surface area contributed by atoms with E-state index in [2.05, 4.69) is 0 Å². The summed E-state index contributed by atoms with van der Waals surface area (Å²) in [5.41, 5.74) is 0. The Morgan fingerprint density at radius 3 is 0.958 bits per heavy atom. The Kier molecular flexibility index (Phi) is 81.2. The van der Waals surface area contributed by atoms with Gasteiger partial charge in [0, 0.05) is 6.92 Å². The van der Waals surface area contributed by atoms with E-state index in [-0.39, 0.29) is 104 Å². The number of ketones is 1. The Hall–Kier alpha value is 0.265. The summed E-state index contributed by atoms with van der Waals surface area (Å²) in [6.45, 7) is 4.14. The minimum absolute atomic E-state index is 0. The van der Waals surface area contributed by atoms with Gasteiger partial charge in [-0.3, -0.25) is 4.79 Å². The molecular weight excluding hydrogens is 476 g/mol. The van der Waals surface area contributed by atoms with Crippen LogP contribution in [0, 0.1) is 0 Å². The zero-order valence-electron chi connectivity index (χ0n) is 13.6. The van der Waals surface area contributed by atoms with Crippen LogP contribution in [0.1, 0.15) is 20.8 Å². The second kappa shape index (κ2) is 34.6. The van der Waals surface area contributed by atoms with E-state index in [4.69, 9.17) is 20.1 Å². The Bertz CT molecular complexity index is 287. The van der Waals surface area contributed by atoms with Crippen molar-refractivity contribution in [2.24, 2.45) is 0 Å². The largest absolute Gasteiger partial charge is 3.00 e. The topological polar surface area (TPSA) is 275 Å². The van der Waals surface area contributed by atoms with Crippen LogP contribution in [0.25, 0.3) is 0 Å². The maximum Gasteiger partial charge on any atom is 3.00 e. The van der Waals surface area contributed by atoms with Gasteiger partial charge in [-0.1, -0.05) is 0 Å². The maximum atomic E-state index is 9.63. The van der Waals surface area contributed by atoms with Gasteiger partial charge in [0.2, 0.25) is 0 Å². The molecule has 0 aliphatic heterocycles. The number of hydrogen-bond donors (Lipinski definition) is 5. The quantitative estimate of drug-likeness (QED) is 0.227. The number of carboxylic acids is 3. The van der Waals surface area contributed by atoms with Crippen LogP contribution in [-0.4, -0.2) is 81.1 Å². The molecule has 0 aliphatic rings. The van der Waals surface area contributed by atoms with Crippen molar-refractivity contribution in [1.29, 1.82) is 0 Å². The zero-order chi connectivity index (χ0) is 15.5. The van der Waals surface area contributed by atoms with Gasteiger partial charge in [0.15, 0.2) is 0 Å². The summed E-state index contributed by atoms with van der Waals surface area (Å²) >= 11 is 0. The Balaban J connectivity index is -0.0000000202. The summed E-state index contributed by atoms with van der Waals surface area (Å²) in [5, 5.41) is 43.1. The van der Waals surface area contributed by atoms with Gasteiger partial charge in [0.05, 0.1) is 11.9 Å². The molecule has 2 unspecified atom stereocenters. The molecule has 0 aromatic heterocycles. The van der Waals surface area contributed by atoms with Gasteiger partial charge in [0.1, 0.15) is 18.0 Å². The van der Waals surface area contributed by atoms with E-state index in [9.17, 15) is 24.6 Å². The fourth-order valence-corrected chi connectivity index (χ4v) is 0.258. The molecule has 0 rings (SSSR count). The van der Waals surface area contributed by atoms with Gasteiger partial charge < -0.3 is 62.4 Å². The van der Waals surface area contributed by atoms with Gasteiger partial charge in [-0.15, -0.1) is 0 Å². The molecule has 0 fully saturated rings. The number of aliphatic carboxylic acids is 3. The Morgan fingerprint density at radius 2 is 0.917 bits per heavy atom. The summed E-state index contributed by atoms with van der Waals surface area (Å²) in [7, 11) is 0. The number of carboxylic acid groups (broad SMARTS) is 3. The molecule has 0 aromatic rings. The molecule has 0 aromatic carbocycles. The second-order valence-electron chi connectivity index (χ2n) is 2.96. The van der Waals surface area contributed by atoms with E-state index in [1.54, 1.807) is 0 Å². The van der Waals surface area contributed by atoms with Crippen molar-refractivity contribution in [3.63, 3.8) is 0 Å². The second-order valence-corrected chi connectivity index (χ2v) is 2.96. The minimum Gasteiger partial charge on any atom is -1.00 e. The number of aliphatic hydroxyl groups is 2. The molecule has 2 atom stereocenters. The van der Waals surface area contributed by atoms with E-state index in [1.165, 1.54) is 13.8 Å². The van der Waals surface area contributed by atoms with Crippen LogP contribution >= 0.6 is 0 Å². The van der Waals surface area contributed by atoms with Crippen LogP contribution in [0.2, 0.25) is 0 Å². The van der Waals surface area contributed by atoms with Crippen molar-refractivity contribution in [3.05, 3.63) is 0 Å². The molecule has 0 bridgehead atoms. The average molecular weight is 497 g/mol. The molecule has 140 valence electrons. The van der Waals surface area contributed by atoms with Crippen LogP contribution in [0.5, 0.6) is 0 Å². The van der Waals surface area contributed by atoms with Gasteiger partial charge in [-0.25, -0.2) is 0 Å². The Morgan fingerprint density at radius 1 is 0.833 bits per heavy atom. The fourth-order valence-electron chi connectivity index (χ4n) is 0.258. The SMILES string of the molecule is CC(=O)O.CC(C)=O.N.N.O=C([O-])C(O)C(O)C(=O)[O-].[F-].[K+].[OH-].[Sb+3]. The predicted molar refractivity (Wildman–Crippen MR) is 69.4 cm³/mol. The summed E-state index contributed by atoms with van der Waals surface area (Å²) in [6.07, 6.45) is -4.88. The standard InChI is InChI=1S/C4H6O6.C3H6O.C2H4O2.FH.K.2H3N.H2O.Sb/c5-1(3(7)8)2(6)4(9)10;1-3(2)4;1-2(3)4;;;;;;/h1-2,5-6H,(H,7,8)(H,9,10);1-2H3;1H3,(H,3,4);1H;;2*1H3;1H2;/q;;;;+1;;;;+3/p-4. The molecular formula is C9H21FKN2O10Sb. The number of hydrogen-bond acceptors (Lipinski definition) is 11. The number of Topliss-reactive ketones (excluding diaryl/α,β-unsaturated/α-hetero) is 1. The van der Waals surface area contributed by atoms with Crippen LogP contribution in [0.15, 0.2) is 0 Å². The van der Waals surface area contributed by atoms with Crippen LogP contribution in [0.4, 0.5) is 0 Å². The van der Waals surface area contributed by atoms with Gasteiger partial charge >= 0.3 is 75.8 Å². The zero-order valence-corrected chi connectivity index (χ0v) is 19.3. The summed E-state index contributed by atoms with van der Waals surface area (Å²) in [4.78, 5) is 37.7. The number of rotatable bonds is 3. The maximum absolute atomic E-state index is 9.63. The third-order valence-electron chi connectivity index (χ3n) is 0.782. The van der Waals surface area contributed by atoms with Crippen LogP contribution in [-0.2, 0) is 19.2 Å². The van der Waals surface area contributed by atoms with Crippen molar-refractivity contribution in [1.82, 2.24) is 12.3 Å². The van der Waals surface area contributed by atoms with Crippen molar-refractivity contribution >= 4 is 48.1 Å². The molecule has 0 aliphatic carbocycles. The molecule has 0 saturated heterocycles. The number of carbonyl (C=O) groups excluding carboxylic acids is 3. The number of carbonyl (C=O) groups is 4. The van der Waals surface area contributed by atoms with Crippen molar-refractivity contribution in [2.45, 2.75) is 33.0 Å². The fraction of sp³-hybridized carbons (Fsp3) is 0.556. The first kappa shape index (κ1) is 56.4. The van der Waals surface area contributed by atoms with Crippen LogP contribution in [0.3, 0.4) is 0 Å². The number of halogens is 1. The third-order valence-corrected chi connectivity index (χ3v) is 0.782. The van der Waals surface area contributed by atoms with Crippen molar-refractivity contribution in [2.75, 3.05) is 0 Å². The summed E-state index contributed by atoms with van der Waals surface area (Å²) in [5.74, 6) is -4.78. The molecule has 10 N–H and O–H groups in total. The minimum atomic E-state index is -2.44. The Labute approximate surface area is 197 Å². The smallest absolute Gasteiger partial charge is 1.00 e. The molecule has 0 amide bonds. The summed E-state index contributed by atoms with van der Waals surface area (Å²) in [6, 6.07) is 0. The summed E-state index contributed by atoms with van der Waals surface area (Å²) < 4.78 is 0. The van der Waals surface area contributed by atoms with Gasteiger partial charge in [-0.2, -0.15) is 0 Å². The predicted octanol–water partition coefficient (Wildman–Crippen LogP) is -10.3. The molecule has 24 heavy (non-hydrogen) atoms. The van der Waals surface area contributed by atoms with Crippen LogP contribution < -0.4 is 78.6 Å². The normalized spacial score (nSPS) is 8.71. The monoisotopic (exact) mass is 496 g/mol. The van der Waals surface area contributed by atoms with E-state index in [0.29, 0.717) is 0 Å². The van der Waals surface area contributed by atoms with Gasteiger partial charge in [0.25, 0.3) is 5.97 Å². The molecule has 0 heterocycles. The average Bonchev–Trinajstić information content (AvgIpc) is 2.13. The third kappa shape index (κ3) is 66.9. The molecule has 0 spiro atoms. The molecule has 2 radical (unpaired) electrons. The first-order valence-corrected chi connectivity index (χ1v) is 4.38. The first-order valence-electron chi connectivity index (χ1n) is 4.38. The van der Waals surface area contributed by atoms with Crippen molar-refractivity contribution < 1.29 is 106 Å². The number of aliphatic hydroxyl groups excluding tert-OH is 2. The molecule has 0 saturated carbocycles. The van der Waals surface area contributed by atoms with E-state index in [1.807, 2.05) is 0 Å².